The molecule has 2 aromatic carbocycles. The highest BCUT2D eigenvalue weighted by Gasteiger charge is 2.56. The first-order valence-corrected chi connectivity index (χ1v) is 11.3. The minimum Gasteiger partial charge on any atom is -0.371 e. The number of nitrogens with zero attached hydrogens (tertiary/aromatic N) is 1. The van der Waals surface area contributed by atoms with Crippen molar-refractivity contribution in [2.45, 2.75) is 55.9 Å². The molecule has 0 aromatic heterocycles. The summed E-state index contributed by atoms with van der Waals surface area (Å²) < 4.78 is 85.7. The highest BCUT2D eigenvalue weighted by atomic mass is 19.4. The van der Waals surface area contributed by atoms with E-state index in [2.05, 4.69) is 5.32 Å². The fraction of sp³-hybridized carbons (Fsp3) is 0.480. The molecule has 4 atom stereocenters. The molecule has 1 N–H and O–H groups in total. The molecule has 0 saturated carbocycles. The van der Waals surface area contributed by atoms with Gasteiger partial charge >= 0.3 is 12.4 Å². The van der Waals surface area contributed by atoms with E-state index in [1.807, 2.05) is 30.3 Å². The van der Waals surface area contributed by atoms with E-state index >= 15 is 0 Å². The second-order valence-corrected chi connectivity index (χ2v) is 9.42. The Morgan fingerprint density at radius 1 is 1.00 bits per heavy atom. The van der Waals surface area contributed by atoms with Gasteiger partial charge in [0.15, 0.2) is 0 Å². The van der Waals surface area contributed by atoms with Crippen LogP contribution in [0.1, 0.15) is 41.5 Å². The minimum atomic E-state index is -4.92. The van der Waals surface area contributed by atoms with Crippen LogP contribution in [0, 0.1) is 5.92 Å². The molecule has 2 aliphatic heterocycles. The number of nitrogens with one attached hydrogen (secondary N) is 1. The Labute approximate surface area is 199 Å². The zero-order chi connectivity index (χ0) is 25.6. The average molecular weight is 500 g/mol. The molecule has 190 valence electrons. The molecule has 10 heteroatoms. The summed E-state index contributed by atoms with van der Waals surface area (Å²) in [5.74, 6) is -0.349. The van der Waals surface area contributed by atoms with E-state index in [1.165, 1.54) is 4.90 Å². The fourth-order valence-corrected chi connectivity index (χ4v) is 5.29. The molecule has 2 aromatic rings. The van der Waals surface area contributed by atoms with Crippen molar-refractivity contribution in [3.63, 3.8) is 0 Å². The molecule has 0 radical (unpaired) electrons. The molecule has 2 saturated heterocycles. The normalized spacial score (nSPS) is 26.6. The van der Waals surface area contributed by atoms with Gasteiger partial charge in [-0.3, -0.25) is 4.79 Å². The van der Waals surface area contributed by atoms with E-state index in [9.17, 15) is 31.1 Å². The zero-order valence-electron chi connectivity index (χ0n) is 19.2. The predicted octanol–water partition coefficient (Wildman–Crippen LogP) is 5.37. The van der Waals surface area contributed by atoms with Crippen LogP contribution in [0.4, 0.5) is 26.3 Å². The lowest BCUT2D eigenvalue weighted by Crippen LogP contribution is -2.54. The van der Waals surface area contributed by atoms with Gasteiger partial charge in [0, 0.05) is 20.1 Å². The fourth-order valence-electron chi connectivity index (χ4n) is 5.29. The van der Waals surface area contributed by atoms with Crippen molar-refractivity contribution in [2.75, 3.05) is 14.1 Å². The van der Waals surface area contributed by atoms with Gasteiger partial charge in [-0.15, -0.1) is 0 Å². The van der Waals surface area contributed by atoms with E-state index in [0.29, 0.717) is 31.4 Å². The van der Waals surface area contributed by atoms with E-state index in [0.717, 1.165) is 5.56 Å². The van der Waals surface area contributed by atoms with Crippen molar-refractivity contribution in [3.8, 4) is 0 Å². The molecule has 4 rings (SSSR count). The summed E-state index contributed by atoms with van der Waals surface area (Å²) in [5, 5.41) is 3.53. The van der Waals surface area contributed by atoms with E-state index in [4.69, 9.17) is 4.74 Å². The third-order valence-electron chi connectivity index (χ3n) is 6.91. The van der Waals surface area contributed by atoms with Crippen molar-refractivity contribution < 1.29 is 35.9 Å². The topological polar surface area (TPSA) is 41.6 Å². The lowest BCUT2D eigenvalue weighted by Gasteiger charge is -2.42. The predicted molar refractivity (Wildman–Crippen MR) is 116 cm³/mol. The Hall–Kier alpha value is -2.59. The van der Waals surface area contributed by atoms with Crippen molar-refractivity contribution in [1.82, 2.24) is 10.2 Å². The van der Waals surface area contributed by atoms with Crippen LogP contribution in [-0.2, 0) is 34.0 Å². The third kappa shape index (κ3) is 5.04. The van der Waals surface area contributed by atoms with E-state index in [-0.39, 0.29) is 29.5 Å². The number of hydrogen-bond donors (Lipinski definition) is 1. The molecule has 4 unspecified atom stereocenters. The summed E-state index contributed by atoms with van der Waals surface area (Å²) in [6.07, 6.45) is -8.88. The number of hydrogen-bond acceptors (Lipinski definition) is 3. The Kier molecular flexibility index (Phi) is 6.65. The summed E-state index contributed by atoms with van der Waals surface area (Å²) in [6.45, 7) is -0.426. The first-order valence-electron chi connectivity index (χ1n) is 11.3. The maximum absolute atomic E-state index is 13.3. The minimum absolute atomic E-state index is 0.0337. The van der Waals surface area contributed by atoms with Gasteiger partial charge in [0.1, 0.15) is 0 Å². The van der Waals surface area contributed by atoms with E-state index in [1.54, 1.807) is 14.1 Å². The zero-order valence-corrected chi connectivity index (χ0v) is 19.2. The van der Waals surface area contributed by atoms with Crippen LogP contribution in [0.15, 0.2) is 48.5 Å². The molecular formula is C25H26F6N2O2. The number of rotatable bonds is 5. The first-order chi connectivity index (χ1) is 16.3. The number of fused-ring (bicyclic) bond motifs is 2. The smallest absolute Gasteiger partial charge is 0.371 e. The molecule has 2 fully saturated rings. The van der Waals surface area contributed by atoms with Gasteiger partial charge in [0.05, 0.1) is 35.3 Å². The number of benzene rings is 2. The van der Waals surface area contributed by atoms with Crippen LogP contribution in [0.25, 0.3) is 0 Å². The number of alkyl halides is 6. The summed E-state index contributed by atoms with van der Waals surface area (Å²) >= 11 is 0. The van der Waals surface area contributed by atoms with Crippen molar-refractivity contribution in [1.29, 1.82) is 0 Å². The molecule has 4 nitrogen and oxygen atoms in total. The second kappa shape index (κ2) is 9.13. The average Bonchev–Trinajstić information content (AvgIpc) is 3.11. The Balaban J connectivity index is 1.65. The first kappa shape index (κ1) is 25.5. The summed E-state index contributed by atoms with van der Waals surface area (Å²) in [7, 11) is 3.36. The van der Waals surface area contributed by atoms with Gasteiger partial charge in [-0.2, -0.15) is 26.3 Å². The summed E-state index contributed by atoms with van der Waals surface area (Å²) in [5.41, 5.74) is -2.87. The van der Waals surface area contributed by atoms with Crippen LogP contribution in [-0.4, -0.2) is 37.0 Å². The number of amides is 1. The molecular weight excluding hydrogens is 474 g/mol. The lowest BCUT2D eigenvalue weighted by molar-refractivity contribution is -0.143. The molecule has 2 aliphatic rings. The summed E-state index contributed by atoms with van der Waals surface area (Å²) in [6, 6.07) is 10.7. The number of piperidine rings is 1. The van der Waals surface area contributed by atoms with Crippen molar-refractivity contribution >= 4 is 5.91 Å². The van der Waals surface area contributed by atoms with Crippen LogP contribution >= 0.6 is 0 Å². The number of carbonyl (C=O) groups excluding carboxylic acids is 1. The van der Waals surface area contributed by atoms with Crippen LogP contribution < -0.4 is 5.32 Å². The quantitative estimate of drug-likeness (QED) is 0.562. The van der Waals surface area contributed by atoms with Gasteiger partial charge in [-0.1, -0.05) is 30.3 Å². The molecule has 2 bridgehead atoms. The maximum atomic E-state index is 13.3. The van der Waals surface area contributed by atoms with Crippen LogP contribution in [0.2, 0.25) is 0 Å². The Bertz CT molecular complexity index is 1040. The molecule has 1 amide bonds. The van der Waals surface area contributed by atoms with Gasteiger partial charge < -0.3 is 15.0 Å². The van der Waals surface area contributed by atoms with Gasteiger partial charge in [0.25, 0.3) is 0 Å². The van der Waals surface area contributed by atoms with Crippen LogP contribution in [0.5, 0.6) is 0 Å². The molecule has 2 heterocycles. The monoisotopic (exact) mass is 500 g/mol. The Morgan fingerprint density at radius 3 is 2.14 bits per heavy atom. The van der Waals surface area contributed by atoms with Gasteiger partial charge in [-0.25, -0.2) is 0 Å². The van der Waals surface area contributed by atoms with Gasteiger partial charge in [0.2, 0.25) is 5.91 Å². The second-order valence-electron chi connectivity index (χ2n) is 9.42. The van der Waals surface area contributed by atoms with Crippen LogP contribution in [0.3, 0.4) is 0 Å². The SMILES string of the molecule is CN(C)C(=O)C1CC2(c3ccccc3)NC1CCC2OCc1cc(C(F)(F)F)cc(C(F)(F)F)c1. The maximum Gasteiger partial charge on any atom is 0.416 e. The Morgan fingerprint density at radius 2 is 1.60 bits per heavy atom. The molecule has 0 aliphatic carbocycles. The highest BCUT2D eigenvalue weighted by molar-refractivity contribution is 5.80. The molecule has 35 heavy (non-hydrogen) atoms. The largest absolute Gasteiger partial charge is 0.416 e. The van der Waals surface area contributed by atoms with E-state index < -0.39 is 41.7 Å². The molecule has 0 spiro atoms. The third-order valence-corrected chi connectivity index (χ3v) is 6.91. The number of halogens is 6. The number of ether oxygens (including phenoxy) is 1. The lowest BCUT2D eigenvalue weighted by atomic mass is 9.80. The number of carbonyl (C=O) groups is 1. The standard InChI is InChI=1S/C25H26F6N2O2/c1-33(2)22(34)19-13-23(16-6-4-3-5-7-16)21(9-8-20(19)32-23)35-14-15-10-17(24(26,27)28)12-18(11-15)25(29,30)31/h3-7,10-12,19-21,32H,8-9,13-14H2,1-2H3. The highest BCUT2D eigenvalue weighted by Crippen LogP contribution is 2.48. The van der Waals surface area contributed by atoms with Crippen molar-refractivity contribution in [2.24, 2.45) is 5.92 Å². The van der Waals surface area contributed by atoms with Gasteiger partial charge in [-0.05, 0) is 48.6 Å². The van der Waals surface area contributed by atoms with Crippen molar-refractivity contribution in [3.05, 3.63) is 70.8 Å². The summed E-state index contributed by atoms with van der Waals surface area (Å²) in [4.78, 5) is 14.4.